The molecule has 1 fully saturated rings. The molecule has 0 aliphatic carbocycles. The largest absolute Gasteiger partial charge is 0.491 e. The van der Waals surface area contributed by atoms with Crippen LogP contribution < -0.4 is 15.0 Å². The first-order chi connectivity index (χ1) is 10.4. The van der Waals surface area contributed by atoms with Crippen molar-refractivity contribution in [1.82, 2.24) is 5.32 Å². The van der Waals surface area contributed by atoms with Crippen molar-refractivity contribution in [1.29, 1.82) is 0 Å². The van der Waals surface area contributed by atoms with Gasteiger partial charge in [-0.05, 0) is 48.0 Å². The van der Waals surface area contributed by atoms with Crippen molar-refractivity contribution in [3.63, 3.8) is 0 Å². The summed E-state index contributed by atoms with van der Waals surface area (Å²) < 4.78 is 17.5. The number of nitrogens with zero attached hydrogens (tertiary/aromatic N) is 1. The van der Waals surface area contributed by atoms with Crippen molar-refractivity contribution < 1.29 is 9.13 Å². The summed E-state index contributed by atoms with van der Waals surface area (Å²) in [6.07, 6.45) is 1.17. The Morgan fingerprint density at radius 2 is 1.90 bits per heavy atom. The molecule has 1 aliphatic rings. The molecule has 112 valence electrons. The summed E-state index contributed by atoms with van der Waals surface area (Å²) in [6, 6.07) is 12.4. The molecule has 0 aromatic heterocycles. The Balaban J connectivity index is 1.82. The third-order valence-corrected chi connectivity index (χ3v) is 3.85. The molecule has 2 aromatic rings. The van der Waals surface area contributed by atoms with Crippen molar-refractivity contribution >= 4 is 16.5 Å². The van der Waals surface area contributed by atoms with Gasteiger partial charge in [0.25, 0.3) is 0 Å². The minimum Gasteiger partial charge on any atom is -0.491 e. The summed E-state index contributed by atoms with van der Waals surface area (Å²) in [7, 11) is 0. The summed E-state index contributed by atoms with van der Waals surface area (Å²) >= 11 is 0. The first-order valence-electron chi connectivity index (χ1n) is 7.55. The molecule has 0 amide bonds. The Hall–Kier alpha value is -1.81. The zero-order chi connectivity index (χ0) is 14.5. The van der Waals surface area contributed by atoms with Gasteiger partial charge in [-0.3, -0.25) is 0 Å². The van der Waals surface area contributed by atoms with Crippen molar-refractivity contribution in [2.75, 3.05) is 44.4 Å². The molecule has 0 unspecified atom stereocenters. The van der Waals surface area contributed by atoms with Gasteiger partial charge in [0.2, 0.25) is 0 Å². The monoisotopic (exact) mass is 288 g/mol. The van der Waals surface area contributed by atoms with E-state index in [2.05, 4.69) is 28.4 Å². The first kappa shape index (κ1) is 14.1. The number of rotatable bonds is 4. The standard InChI is InChI=1S/C17H21FN2O/c18-6-11-21-17-5-3-14-12-16(4-2-15(14)13-17)20-9-1-7-19-8-10-20/h2-5,12-13,19H,1,6-11H2. The molecule has 0 spiro atoms. The molecule has 0 bridgehead atoms. The Bertz CT molecular complexity index is 594. The van der Waals surface area contributed by atoms with Crippen LogP contribution >= 0.6 is 0 Å². The summed E-state index contributed by atoms with van der Waals surface area (Å²) in [4.78, 5) is 2.42. The quantitative estimate of drug-likeness (QED) is 0.936. The lowest BCUT2D eigenvalue weighted by Crippen LogP contribution is -2.27. The van der Waals surface area contributed by atoms with E-state index in [0.717, 1.165) is 37.3 Å². The fraction of sp³-hybridized carbons (Fsp3) is 0.412. The average Bonchev–Trinajstić information content (AvgIpc) is 2.81. The predicted octanol–water partition coefficient (Wildman–Crippen LogP) is 2.99. The SMILES string of the molecule is FCCOc1ccc2cc(N3CCCNCC3)ccc2c1. The van der Waals surface area contributed by atoms with E-state index in [1.54, 1.807) is 0 Å². The fourth-order valence-electron chi connectivity index (χ4n) is 2.76. The molecule has 1 saturated heterocycles. The number of alkyl halides is 1. The Morgan fingerprint density at radius 1 is 1.05 bits per heavy atom. The molecular formula is C17H21FN2O. The number of hydrogen-bond donors (Lipinski definition) is 1. The van der Waals surface area contributed by atoms with Gasteiger partial charge in [-0.15, -0.1) is 0 Å². The van der Waals surface area contributed by atoms with Crippen LogP contribution in [0.5, 0.6) is 5.75 Å². The van der Waals surface area contributed by atoms with Crippen molar-refractivity contribution in [2.24, 2.45) is 0 Å². The number of hydrogen-bond acceptors (Lipinski definition) is 3. The number of anilines is 1. The van der Waals surface area contributed by atoms with Crippen LogP contribution in [-0.4, -0.2) is 39.5 Å². The molecular weight excluding hydrogens is 267 g/mol. The zero-order valence-corrected chi connectivity index (χ0v) is 12.1. The summed E-state index contributed by atoms with van der Waals surface area (Å²) in [6.45, 7) is 3.93. The molecule has 21 heavy (non-hydrogen) atoms. The second kappa shape index (κ2) is 6.76. The highest BCUT2D eigenvalue weighted by Gasteiger charge is 2.10. The Labute approximate surface area is 124 Å². The van der Waals surface area contributed by atoms with Crippen LogP contribution in [0.3, 0.4) is 0 Å². The van der Waals surface area contributed by atoms with Crippen molar-refractivity contribution in [3.8, 4) is 5.75 Å². The molecule has 0 atom stereocenters. The molecule has 1 heterocycles. The van der Waals surface area contributed by atoms with E-state index >= 15 is 0 Å². The van der Waals surface area contributed by atoms with Gasteiger partial charge in [0, 0.05) is 25.3 Å². The van der Waals surface area contributed by atoms with Gasteiger partial charge in [0.05, 0.1) is 0 Å². The molecule has 1 N–H and O–H groups in total. The van der Waals surface area contributed by atoms with E-state index in [9.17, 15) is 4.39 Å². The summed E-state index contributed by atoms with van der Waals surface area (Å²) in [5.74, 6) is 0.729. The number of nitrogens with one attached hydrogen (secondary N) is 1. The molecule has 3 nitrogen and oxygen atoms in total. The second-order valence-electron chi connectivity index (χ2n) is 5.32. The first-order valence-corrected chi connectivity index (χ1v) is 7.55. The molecule has 4 heteroatoms. The minimum absolute atomic E-state index is 0.115. The predicted molar refractivity (Wildman–Crippen MR) is 85.1 cm³/mol. The highest BCUT2D eigenvalue weighted by molar-refractivity contribution is 5.87. The molecule has 1 aliphatic heterocycles. The van der Waals surface area contributed by atoms with E-state index < -0.39 is 6.67 Å². The van der Waals surface area contributed by atoms with Crippen molar-refractivity contribution in [3.05, 3.63) is 36.4 Å². The van der Waals surface area contributed by atoms with E-state index in [1.165, 1.54) is 17.5 Å². The van der Waals surface area contributed by atoms with E-state index in [4.69, 9.17) is 4.74 Å². The van der Waals surface area contributed by atoms with Gasteiger partial charge in [-0.25, -0.2) is 4.39 Å². The lowest BCUT2D eigenvalue weighted by Gasteiger charge is -2.22. The van der Waals surface area contributed by atoms with Crippen LogP contribution in [0.15, 0.2) is 36.4 Å². The zero-order valence-electron chi connectivity index (χ0n) is 12.1. The Morgan fingerprint density at radius 3 is 2.81 bits per heavy atom. The lowest BCUT2D eigenvalue weighted by atomic mass is 10.1. The molecule has 2 aromatic carbocycles. The van der Waals surface area contributed by atoms with Gasteiger partial charge in [0.1, 0.15) is 19.0 Å². The van der Waals surface area contributed by atoms with E-state index in [1.807, 2.05) is 18.2 Å². The second-order valence-corrected chi connectivity index (χ2v) is 5.32. The fourth-order valence-corrected chi connectivity index (χ4v) is 2.76. The number of halogens is 1. The highest BCUT2D eigenvalue weighted by atomic mass is 19.1. The van der Waals surface area contributed by atoms with Gasteiger partial charge in [0.15, 0.2) is 0 Å². The van der Waals surface area contributed by atoms with Crippen LogP contribution in [0, 0.1) is 0 Å². The molecule has 0 saturated carbocycles. The highest BCUT2D eigenvalue weighted by Crippen LogP contribution is 2.26. The van der Waals surface area contributed by atoms with Gasteiger partial charge in [-0.1, -0.05) is 12.1 Å². The van der Waals surface area contributed by atoms with Gasteiger partial charge in [-0.2, -0.15) is 0 Å². The van der Waals surface area contributed by atoms with Crippen LogP contribution in [0.4, 0.5) is 10.1 Å². The maximum absolute atomic E-state index is 12.1. The third kappa shape index (κ3) is 3.45. The molecule has 0 radical (unpaired) electrons. The minimum atomic E-state index is -0.458. The third-order valence-electron chi connectivity index (χ3n) is 3.85. The smallest absolute Gasteiger partial charge is 0.123 e. The normalized spacial score (nSPS) is 16.0. The molecule has 3 rings (SSSR count). The summed E-state index contributed by atoms with van der Waals surface area (Å²) in [5, 5.41) is 5.74. The van der Waals surface area contributed by atoms with E-state index in [-0.39, 0.29) is 6.61 Å². The number of ether oxygens (including phenoxy) is 1. The number of benzene rings is 2. The maximum atomic E-state index is 12.1. The lowest BCUT2D eigenvalue weighted by molar-refractivity contribution is 0.273. The van der Waals surface area contributed by atoms with Crippen molar-refractivity contribution in [2.45, 2.75) is 6.42 Å². The number of fused-ring (bicyclic) bond motifs is 1. The maximum Gasteiger partial charge on any atom is 0.123 e. The van der Waals surface area contributed by atoms with Gasteiger partial charge < -0.3 is 15.0 Å². The van der Waals surface area contributed by atoms with Crippen LogP contribution in [0.1, 0.15) is 6.42 Å². The van der Waals surface area contributed by atoms with Crippen LogP contribution in [-0.2, 0) is 0 Å². The van der Waals surface area contributed by atoms with E-state index in [0.29, 0.717) is 0 Å². The van der Waals surface area contributed by atoms with Crippen LogP contribution in [0.2, 0.25) is 0 Å². The van der Waals surface area contributed by atoms with Crippen LogP contribution in [0.25, 0.3) is 10.8 Å². The van der Waals surface area contributed by atoms with Gasteiger partial charge >= 0.3 is 0 Å². The average molecular weight is 288 g/mol. The summed E-state index contributed by atoms with van der Waals surface area (Å²) in [5.41, 5.74) is 1.27. The topological polar surface area (TPSA) is 24.5 Å². The Kier molecular flexibility index (Phi) is 4.55.